The molecule has 0 spiro atoms. The average molecular weight is 189 g/mol. The van der Waals surface area contributed by atoms with Crippen LogP contribution in [0.2, 0.25) is 0 Å². The number of hydrogen-bond acceptors (Lipinski definition) is 2. The Bertz CT molecular complexity index is 431. The Morgan fingerprint density at radius 2 is 2.07 bits per heavy atom. The number of hydrogen-bond donors (Lipinski definition) is 2. The number of pyridine rings is 1. The lowest BCUT2D eigenvalue weighted by molar-refractivity contribution is 0.504. The first-order valence-corrected chi connectivity index (χ1v) is 4.88. The fraction of sp³-hybridized carbons (Fsp3) is 0.364. The molecule has 3 heteroatoms. The summed E-state index contributed by atoms with van der Waals surface area (Å²) < 4.78 is 0. The Hall–Kier alpha value is -1.35. The molecular formula is C11H15N3. The third-order valence-corrected chi connectivity index (χ3v) is 2.49. The van der Waals surface area contributed by atoms with Crippen LogP contribution in [0.3, 0.4) is 0 Å². The molecule has 0 unspecified atom stereocenters. The summed E-state index contributed by atoms with van der Waals surface area (Å²) >= 11 is 0. The summed E-state index contributed by atoms with van der Waals surface area (Å²) in [5.41, 5.74) is 9.03. The maximum Gasteiger partial charge on any atom is 0.0882 e. The molecule has 2 aromatic rings. The quantitative estimate of drug-likeness (QED) is 0.761. The molecule has 0 bridgehead atoms. The molecule has 2 aromatic heterocycles. The van der Waals surface area contributed by atoms with Crippen LogP contribution in [0.15, 0.2) is 24.4 Å². The molecule has 0 aromatic carbocycles. The lowest BCUT2D eigenvalue weighted by atomic mass is 10.0. The van der Waals surface area contributed by atoms with Crippen molar-refractivity contribution in [2.75, 3.05) is 0 Å². The zero-order valence-corrected chi connectivity index (χ0v) is 8.49. The van der Waals surface area contributed by atoms with Crippen molar-refractivity contribution in [1.29, 1.82) is 0 Å². The van der Waals surface area contributed by atoms with Gasteiger partial charge in [0.05, 0.1) is 16.7 Å². The van der Waals surface area contributed by atoms with Gasteiger partial charge in [-0.25, -0.2) is 4.98 Å². The van der Waals surface area contributed by atoms with Crippen molar-refractivity contribution in [2.45, 2.75) is 19.9 Å². The molecule has 2 heterocycles. The van der Waals surface area contributed by atoms with Gasteiger partial charge >= 0.3 is 0 Å². The molecule has 0 aliphatic carbocycles. The molecule has 1 atom stereocenters. The van der Waals surface area contributed by atoms with Crippen molar-refractivity contribution in [1.82, 2.24) is 9.97 Å². The van der Waals surface area contributed by atoms with E-state index < -0.39 is 0 Å². The van der Waals surface area contributed by atoms with Crippen molar-refractivity contribution >= 4 is 11.0 Å². The van der Waals surface area contributed by atoms with Crippen LogP contribution in [0, 0.1) is 5.92 Å². The van der Waals surface area contributed by atoms with Crippen LogP contribution in [0.5, 0.6) is 0 Å². The van der Waals surface area contributed by atoms with Gasteiger partial charge in [0.15, 0.2) is 0 Å². The van der Waals surface area contributed by atoms with E-state index in [1.807, 2.05) is 24.4 Å². The summed E-state index contributed by atoms with van der Waals surface area (Å²) in [6.45, 7) is 4.21. The Balaban J connectivity index is 2.43. The van der Waals surface area contributed by atoms with E-state index in [4.69, 9.17) is 5.73 Å². The first kappa shape index (κ1) is 9.21. The van der Waals surface area contributed by atoms with E-state index >= 15 is 0 Å². The standard InChI is InChI=1S/C11H15N3/c1-7(2)11(12)10-4-3-8-9(14-10)5-6-13-8/h3-7,11,13H,12H2,1-2H3/t11-/m0/s1. The molecule has 0 amide bonds. The van der Waals surface area contributed by atoms with Gasteiger partial charge < -0.3 is 10.7 Å². The summed E-state index contributed by atoms with van der Waals surface area (Å²) in [5.74, 6) is 0.416. The van der Waals surface area contributed by atoms with Crippen LogP contribution >= 0.6 is 0 Å². The number of nitrogens with zero attached hydrogens (tertiary/aromatic N) is 1. The Morgan fingerprint density at radius 1 is 1.29 bits per heavy atom. The smallest absolute Gasteiger partial charge is 0.0882 e. The topological polar surface area (TPSA) is 54.7 Å². The molecule has 0 aliphatic heterocycles. The zero-order valence-electron chi connectivity index (χ0n) is 8.49. The van der Waals surface area contributed by atoms with E-state index in [1.54, 1.807) is 0 Å². The molecule has 14 heavy (non-hydrogen) atoms. The molecule has 3 nitrogen and oxygen atoms in total. The highest BCUT2D eigenvalue weighted by Crippen LogP contribution is 2.19. The summed E-state index contributed by atoms with van der Waals surface area (Å²) in [6, 6.07) is 6.00. The minimum Gasteiger partial charge on any atom is -0.360 e. The van der Waals surface area contributed by atoms with E-state index in [0.717, 1.165) is 16.7 Å². The second-order valence-electron chi connectivity index (χ2n) is 3.92. The summed E-state index contributed by atoms with van der Waals surface area (Å²) in [4.78, 5) is 7.61. The van der Waals surface area contributed by atoms with E-state index in [-0.39, 0.29) is 6.04 Å². The van der Waals surface area contributed by atoms with E-state index in [0.29, 0.717) is 5.92 Å². The van der Waals surface area contributed by atoms with Gasteiger partial charge in [-0.3, -0.25) is 0 Å². The Morgan fingerprint density at radius 3 is 2.79 bits per heavy atom. The number of H-pyrrole nitrogens is 1. The van der Waals surface area contributed by atoms with Crippen molar-refractivity contribution in [2.24, 2.45) is 11.7 Å². The highest BCUT2D eigenvalue weighted by atomic mass is 14.8. The molecule has 0 radical (unpaired) electrons. The van der Waals surface area contributed by atoms with E-state index in [2.05, 4.69) is 23.8 Å². The van der Waals surface area contributed by atoms with Gasteiger partial charge in [0, 0.05) is 12.2 Å². The summed E-state index contributed by atoms with van der Waals surface area (Å²) in [5, 5.41) is 0. The van der Waals surface area contributed by atoms with Crippen molar-refractivity contribution in [3.8, 4) is 0 Å². The highest BCUT2D eigenvalue weighted by Gasteiger charge is 2.12. The van der Waals surface area contributed by atoms with Crippen LogP contribution in [0.4, 0.5) is 0 Å². The third-order valence-electron chi connectivity index (χ3n) is 2.49. The molecule has 0 saturated carbocycles. The van der Waals surface area contributed by atoms with Gasteiger partial charge in [-0.1, -0.05) is 13.8 Å². The summed E-state index contributed by atoms with van der Waals surface area (Å²) in [6.07, 6.45) is 1.89. The Kier molecular flexibility index (Phi) is 2.25. The van der Waals surface area contributed by atoms with Crippen molar-refractivity contribution < 1.29 is 0 Å². The van der Waals surface area contributed by atoms with Gasteiger partial charge in [0.25, 0.3) is 0 Å². The first-order valence-electron chi connectivity index (χ1n) is 4.88. The first-order chi connectivity index (χ1) is 6.68. The summed E-state index contributed by atoms with van der Waals surface area (Å²) in [7, 11) is 0. The normalized spacial score (nSPS) is 13.7. The number of nitrogens with two attached hydrogens (primary N) is 1. The number of nitrogens with one attached hydrogen (secondary N) is 1. The molecule has 0 aliphatic rings. The van der Waals surface area contributed by atoms with Crippen molar-refractivity contribution in [3.05, 3.63) is 30.1 Å². The van der Waals surface area contributed by atoms with Gasteiger partial charge in [-0.05, 0) is 24.1 Å². The lowest BCUT2D eigenvalue weighted by Crippen LogP contribution is -2.17. The fourth-order valence-electron chi connectivity index (χ4n) is 1.48. The SMILES string of the molecule is CC(C)[C@H](N)c1ccc2[nH]ccc2n1. The van der Waals surface area contributed by atoms with Crippen LogP contribution in [-0.4, -0.2) is 9.97 Å². The number of fused-ring (bicyclic) bond motifs is 1. The third kappa shape index (κ3) is 1.51. The number of rotatable bonds is 2. The van der Waals surface area contributed by atoms with Gasteiger partial charge in [-0.15, -0.1) is 0 Å². The van der Waals surface area contributed by atoms with Crippen LogP contribution < -0.4 is 5.73 Å². The molecule has 0 fully saturated rings. The average Bonchev–Trinajstić information content (AvgIpc) is 2.62. The van der Waals surface area contributed by atoms with Crippen LogP contribution in [0.25, 0.3) is 11.0 Å². The predicted octanol–water partition coefficient (Wildman–Crippen LogP) is 2.22. The maximum absolute atomic E-state index is 6.02. The predicted molar refractivity (Wildman–Crippen MR) is 57.9 cm³/mol. The maximum atomic E-state index is 6.02. The monoisotopic (exact) mass is 189 g/mol. The minimum absolute atomic E-state index is 0.0225. The second-order valence-corrected chi connectivity index (χ2v) is 3.92. The van der Waals surface area contributed by atoms with Crippen LogP contribution in [0.1, 0.15) is 25.6 Å². The molecule has 0 saturated heterocycles. The van der Waals surface area contributed by atoms with Crippen LogP contribution in [-0.2, 0) is 0 Å². The largest absolute Gasteiger partial charge is 0.360 e. The minimum atomic E-state index is 0.0225. The molecular weight excluding hydrogens is 174 g/mol. The number of aromatic nitrogens is 2. The molecule has 74 valence electrons. The second kappa shape index (κ2) is 3.42. The van der Waals surface area contributed by atoms with Gasteiger partial charge in [0.1, 0.15) is 0 Å². The van der Waals surface area contributed by atoms with Gasteiger partial charge in [-0.2, -0.15) is 0 Å². The highest BCUT2D eigenvalue weighted by molar-refractivity contribution is 5.74. The Labute approximate surface area is 83.3 Å². The molecule has 2 rings (SSSR count). The fourth-order valence-corrected chi connectivity index (χ4v) is 1.48. The van der Waals surface area contributed by atoms with E-state index in [1.165, 1.54) is 0 Å². The lowest BCUT2D eigenvalue weighted by Gasteiger charge is -2.14. The van der Waals surface area contributed by atoms with Crippen molar-refractivity contribution in [3.63, 3.8) is 0 Å². The zero-order chi connectivity index (χ0) is 10.1. The van der Waals surface area contributed by atoms with Gasteiger partial charge in [0.2, 0.25) is 0 Å². The molecule has 3 N–H and O–H groups in total. The van der Waals surface area contributed by atoms with E-state index in [9.17, 15) is 0 Å². The number of aromatic amines is 1.